The summed E-state index contributed by atoms with van der Waals surface area (Å²) in [4.78, 5) is 2.54. The number of morpholine rings is 1. The maximum absolute atomic E-state index is 6.11. The quantitative estimate of drug-likeness (QED) is 0.776. The molecule has 0 aromatic heterocycles. The average Bonchev–Trinajstić information content (AvgIpc) is 2.74. The molecule has 0 bridgehead atoms. The van der Waals surface area contributed by atoms with Crippen LogP contribution in [0.15, 0.2) is 0 Å². The van der Waals surface area contributed by atoms with Gasteiger partial charge in [-0.05, 0) is 31.8 Å². The largest absolute Gasteiger partial charge is 0.374 e. The fraction of sp³-hybridized carbons (Fsp3) is 1.00. The smallest absolute Gasteiger partial charge is 0.0857 e. The number of nitrogens with one attached hydrogen (secondary N) is 1. The molecule has 0 amide bonds. The molecule has 0 aromatic carbocycles. The summed E-state index contributed by atoms with van der Waals surface area (Å²) >= 11 is 0. The molecule has 19 heavy (non-hydrogen) atoms. The van der Waals surface area contributed by atoms with E-state index in [4.69, 9.17) is 4.74 Å². The molecule has 1 aliphatic carbocycles. The standard InChI is InChI=1S/C16H32N2O/c1-3-17-16(14-9-7-5-6-8-10-14)15-13-18(4-2)11-12-19-15/h14-17H,3-13H2,1-2H3. The van der Waals surface area contributed by atoms with Crippen molar-refractivity contribution in [3.63, 3.8) is 0 Å². The molecule has 1 N–H and O–H groups in total. The number of hydrogen-bond acceptors (Lipinski definition) is 3. The van der Waals surface area contributed by atoms with Gasteiger partial charge in [0.1, 0.15) is 0 Å². The second-order valence-electron chi connectivity index (χ2n) is 6.14. The highest BCUT2D eigenvalue weighted by molar-refractivity contribution is 4.88. The van der Waals surface area contributed by atoms with E-state index >= 15 is 0 Å². The van der Waals surface area contributed by atoms with E-state index in [1.54, 1.807) is 0 Å². The van der Waals surface area contributed by atoms with Crippen molar-refractivity contribution >= 4 is 0 Å². The fourth-order valence-electron chi connectivity index (χ4n) is 3.74. The summed E-state index contributed by atoms with van der Waals surface area (Å²) in [5.41, 5.74) is 0. The summed E-state index contributed by atoms with van der Waals surface area (Å²) < 4.78 is 6.11. The third kappa shape index (κ3) is 4.44. The highest BCUT2D eigenvalue weighted by Gasteiger charge is 2.32. The lowest BCUT2D eigenvalue weighted by atomic mass is 9.87. The second kappa shape index (κ2) is 8.23. The van der Waals surface area contributed by atoms with Crippen LogP contribution < -0.4 is 5.32 Å². The van der Waals surface area contributed by atoms with Gasteiger partial charge in [0.05, 0.1) is 12.7 Å². The van der Waals surface area contributed by atoms with Crippen molar-refractivity contribution in [3.8, 4) is 0 Å². The van der Waals surface area contributed by atoms with Gasteiger partial charge >= 0.3 is 0 Å². The van der Waals surface area contributed by atoms with Gasteiger partial charge in [-0.15, -0.1) is 0 Å². The monoisotopic (exact) mass is 268 g/mol. The molecule has 3 nitrogen and oxygen atoms in total. The summed E-state index contributed by atoms with van der Waals surface area (Å²) in [6.07, 6.45) is 8.88. The number of likely N-dealkylation sites (N-methyl/N-ethyl adjacent to an activating group) is 2. The minimum Gasteiger partial charge on any atom is -0.374 e. The predicted octanol–water partition coefficient (Wildman–Crippen LogP) is 2.66. The van der Waals surface area contributed by atoms with Crippen LogP contribution in [0.3, 0.4) is 0 Å². The SMILES string of the molecule is CCNC(C1CCCCCC1)C1CN(CC)CCO1. The molecule has 2 rings (SSSR count). The highest BCUT2D eigenvalue weighted by atomic mass is 16.5. The van der Waals surface area contributed by atoms with E-state index in [0.29, 0.717) is 12.1 Å². The van der Waals surface area contributed by atoms with Crippen molar-refractivity contribution in [2.24, 2.45) is 5.92 Å². The minimum absolute atomic E-state index is 0.400. The van der Waals surface area contributed by atoms with Gasteiger partial charge in [-0.2, -0.15) is 0 Å². The molecule has 0 radical (unpaired) electrons. The third-order valence-electron chi connectivity index (χ3n) is 4.87. The zero-order valence-electron chi connectivity index (χ0n) is 12.9. The molecule has 2 aliphatic rings. The molecule has 1 saturated carbocycles. The first-order valence-electron chi connectivity index (χ1n) is 8.42. The Morgan fingerprint density at radius 2 is 1.89 bits per heavy atom. The maximum Gasteiger partial charge on any atom is 0.0857 e. The summed E-state index contributed by atoms with van der Waals surface area (Å²) in [5.74, 6) is 0.823. The van der Waals surface area contributed by atoms with Crippen molar-refractivity contribution in [1.29, 1.82) is 0 Å². The van der Waals surface area contributed by atoms with E-state index in [0.717, 1.165) is 38.7 Å². The predicted molar refractivity (Wildman–Crippen MR) is 80.5 cm³/mol. The van der Waals surface area contributed by atoms with Crippen LogP contribution in [0.4, 0.5) is 0 Å². The number of rotatable bonds is 5. The number of ether oxygens (including phenoxy) is 1. The molecular weight excluding hydrogens is 236 g/mol. The molecule has 2 atom stereocenters. The Labute approximate surface area is 119 Å². The van der Waals surface area contributed by atoms with Crippen LogP contribution in [-0.4, -0.2) is 49.8 Å². The molecule has 1 saturated heterocycles. The molecule has 2 fully saturated rings. The van der Waals surface area contributed by atoms with Gasteiger partial charge < -0.3 is 10.1 Å². The van der Waals surface area contributed by atoms with E-state index in [1.807, 2.05) is 0 Å². The zero-order valence-corrected chi connectivity index (χ0v) is 12.9. The maximum atomic E-state index is 6.11. The average molecular weight is 268 g/mol. The van der Waals surface area contributed by atoms with E-state index in [2.05, 4.69) is 24.1 Å². The van der Waals surface area contributed by atoms with Gasteiger partial charge in [-0.1, -0.05) is 39.5 Å². The van der Waals surface area contributed by atoms with Gasteiger partial charge in [-0.3, -0.25) is 4.90 Å². The van der Waals surface area contributed by atoms with Crippen LogP contribution in [0, 0.1) is 5.92 Å². The van der Waals surface area contributed by atoms with Crippen LogP contribution in [0.1, 0.15) is 52.4 Å². The first-order chi connectivity index (χ1) is 9.35. The second-order valence-corrected chi connectivity index (χ2v) is 6.14. The highest BCUT2D eigenvalue weighted by Crippen LogP contribution is 2.28. The van der Waals surface area contributed by atoms with Gasteiger partial charge in [-0.25, -0.2) is 0 Å². The first-order valence-corrected chi connectivity index (χ1v) is 8.42. The van der Waals surface area contributed by atoms with Gasteiger partial charge in [0, 0.05) is 19.1 Å². The van der Waals surface area contributed by atoms with Crippen molar-refractivity contribution < 1.29 is 4.74 Å². The molecule has 1 heterocycles. The van der Waals surface area contributed by atoms with E-state index in [1.165, 1.54) is 38.5 Å². The van der Waals surface area contributed by atoms with Crippen molar-refractivity contribution in [2.75, 3.05) is 32.8 Å². The van der Waals surface area contributed by atoms with Crippen LogP contribution >= 0.6 is 0 Å². The van der Waals surface area contributed by atoms with E-state index in [-0.39, 0.29) is 0 Å². The van der Waals surface area contributed by atoms with Crippen molar-refractivity contribution in [3.05, 3.63) is 0 Å². The Morgan fingerprint density at radius 1 is 1.16 bits per heavy atom. The lowest BCUT2D eigenvalue weighted by molar-refractivity contribution is -0.0560. The topological polar surface area (TPSA) is 24.5 Å². The normalized spacial score (nSPS) is 29.1. The lowest BCUT2D eigenvalue weighted by Gasteiger charge is -2.40. The van der Waals surface area contributed by atoms with Crippen LogP contribution in [0.2, 0.25) is 0 Å². The Hall–Kier alpha value is -0.120. The zero-order chi connectivity index (χ0) is 13.5. The first kappa shape index (κ1) is 15.3. The van der Waals surface area contributed by atoms with Crippen LogP contribution in [0.5, 0.6) is 0 Å². The van der Waals surface area contributed by atoms with Crippen LogP contribution in [-0.2, 0) is 4.74 Å². The molecule has 2 unspecified atom stereocenters. The minimum atomic E-state index is 0.400. The van der Waals surface area contributed by atoms with Crippen LogP contribution in [0.25, 0.3) is 0 Å². The molecular formula is C16H32N2O. The summed E-state index contributed by atoms with van der Waals surface area (Å²) in [7, 11) is 0. The Balaban J connectivity index is 1.96. The molecule has 0 aromatic rings. The Bertz CT molecular complexity index is 239. The Kier molecular flexibility index (Phi) is 6.62. The third-order valence-corrected chi connectivity index (χ3v) is 4.87. The van der Waals surface area contributed by atoms with Gasteiger partial charge in [0.2, 0.25) is 0 Å². The Morgan fingerprint density at radius 3 is 2.53 bits per heavy atom. The van der Waals surface area contributed by atoms with Crippen molar-refractivity contribution in [1.82, 2.24) is 10.2 Å². The van der Waals surface area contributed by atoms with E-state index < -0.39 is 0 Å². The summed E-state index contributed by atoms with van der Waals surface area (Å²) in [5, 5.41) is 3.74. The summed E-state index contributed by atoms with van der Waals surface area (Å²) in [6, 6.07) is 0.567. The molecule has 0 spiro atoms. The molecule has 1 aliphatic heterocycles. The fourth-order valence-corrected chi connectivity index (χ4v) is 3.74. The van der Waals surface area contributed by atoms with Gasteiger partial charge in [0.15, 0.2) is 0 Å². The lowest BCUT2D eigenvalue weighted by Crippen LogP contribution is -2.54. The summed E-state index contributed by atoms with van der Waals surface area (Å²) in [6.45, 7) is 9.84. The van der Waals surface area contributed by atoms with Crippen molar-refractivity contribution in [2.45, 2.75) is 64.5 Å². The molecule has 3 heteroatoms. The number of nitrogens with zero attached hydrogens (tertiary/aromatic N) is 1. The molecule has 112 valence electrons. The van der Waals surface area contributed by atoms with E-state index in [9.17, 15) is 0 Å². The number of hydrogen-bond donors (Lipinski definition) is 1. The van der Waals surface area contributed by atoms with Gasteiger partial charge in [0.25, 0.3) is 0 Å².